The molecule has 88 valence electrons. The van der Waals surface area contributed by atoms with Crippen molar-refractivity contribution in [2.24, 2.45) is 0 Å². The molecule has 0 fully saturated rings. The fraction of sp³-hybridized carbons (Fsp3) is 0.154. The van der Waals surface area contributed by atoms with Crippen LogP contribution in [0.2, 0.25) is 0 Å². The van der Waals surface area contributed by atoms with Crippen LogP contribution in [-0.2, 0) is 0 Å². The van der Waals surface area contributed by atoms with Gasteiger partial charge < -0.3 is 9.15 Å². The van der Waals surface area contributed by atoms with Crippen molar-refractivity contribution in [1.29, 1.82) is 0 Å². The van der Waals surface area contributed by atoms with E-state index >= 15 is 0 Å². The van der Waals surface area contributed by atoms with E-state index in [1.54, 1.807) is 18.2 Å². The molecule has 0 aliphatic rings. The minimum absolute atomic E-state index is 0.228. The predicted molar refractivity (Wildman–Crippen MR) is 60.7 cm³/mol. The first-order chi connectivity index (χ1) is 8.24. The Bertz CT molecular complexity index is 531. The summed E-state index contributed by atoms with van der Waals surface area (Å²) in [5.41, 5.74) is 0.626. The molecule has 0 bridgehead atoms. The Morgan fingerprint density at radius 3 is 2.82 bits per heavy atom. The lowest BCUT2D eigenvalue weighted by atomic mass is 10.1. The second kappa shape index (κ2) is 4.82. The van der Waals surface area contributed by atoms with Crippen LogP contribution in [0.25, 0.3) is 11.3 Å². The van der Waals surface area contributed by atoms with Crippen LogP contribution >= 0.6 is 0 Å². The van der Waals surface area contributed by atoms with Crippen LogP contribution in [-0.4, -0.2) is 12.9 Å². The zero-order valence-corrected chi connectivity index (χ0v) is 9.27. The number of carbonyl (C=O) groups excluding carboxylic acids is 1. The van der Waals surface area contributed by atoms with E-state index in [9.17, 15) is 9.18 Å². The van der Waals surface area contributed by atoms with E-state index in [2.05, 4.69) is 0 Å². The first-order valence-corrected chi connectivity index (χ1v) is 5.22. The van der Waals surface area contributed by atoms with Gasteiger partial charge in [0.05, 0.1) is 12.2 Å². The quantitative estimate of drug-likeness (QED) is 0.762. The third-order valence-corrected chi connectivity index (χ3v) is 2.25. The molecule has 17 heavy (non-hydrogen) atoms. The van der Waals surface area contributed by atoms with Gasteiger partial charge in [0.15, 0.2) is 12.0 Å². The summed E-state index contributed by atoms with van der Waals surface area (Å²) in [6.45, 7) is 2.24. The molecule has 1 aromatic carbocycles. The number of carbonyl (C=O) groups is 1. The predicted octanol–water partition coefficient (Wildman–Crippen LogP) is 3.30. The number of hydrogen-bond acceptors (Lipinski definition) is 3. The van der Waals surface area contributed by atoms with Crippen LogP contribution in [0, 0.1) is 5.82 Å². The fourth-order valence-corrected chi connectivity index (χ4v) is 1.54. The molecule has 0 aliphatic heterocycles. The van der Waals surface area contributed by atoms with Crippen molar-refractivity contribution in [3.8, 4) is 17.1 Å². The molecule has 1 heterocycles. The van der Waals surface area contributed by atoms with Crippen LogP contribution in [0.5, 0.6) is 5.75 Å². The van der Waals surface area contributed by atoms with E-state index in [0.29, 0.717) is 30.0 Å². The summed E-state index contributed by atoms with van der Waals surface area (Å²) < 4.78 is 23.7. The lowest BCUT2D eigenvalue weighted by Crippen LogP contribution is -1.94. The van der Waals surface area contributed by atoms with Gasteiger partial charge in [0.25, 0.3) is 0 Å². The lowest BCUT2D eigenvalue weighted by Gasteiger charge is -2.07. The molecule has 0 spiro atoms. The molecule has 2 rings (SSSR count). The topological polar surface area (TPSA) is 39.4 Å². The molecule has 1 aromatic heterocycles. The molecule has 4 heteroatoms. The second-order valence-electron chi connectivity index (χ2n) is 3.39. The number of furan rings is 1. The van der Waals surface area contributed by atoms with Crippen molar-refractivity contribution in [2.45, 2.75) is 6.92 Å². The first kappa shape index (κ1) is 11.4. The number of rotatable bonds is 4. The van der Waals surface area contributed by atoms with E-state index in [1.807, 2.05) is 6.92 Å². The summed E-state index contributed by atoms with van der Waals surface area (Å²) in [6, 6.07) is 7.39. The number of benzene rings is 1. The van der Waals surface area contributed by atoms with Crippen molar-refractivity contribution in [2.75, 3.05) is 6.61 Å². The number of ether oxygens (including phenoxy) is 1. The summed E-state index contributed by atoms with van der Waals surface area (Å²) in [7, 11) is 0. The molecule has 0 saturated carbocycles. The summed E-state index contributed by atoms with van der Waals surface area (Å²) in [5.74, 6) is 0.737. The third kappa shape index (κ3) is 2.36. The maximum atomic E-state index is 13.1. The standard InChI is InChI=1S/C13H11FO3/c1-2-16-13-7-9(14)3-5-11(13)12-6-4-10(8-15)17-12/h3-8H,2H2,1H3. The smallest absolute Gasteiger partial charge is 0.185 e. The highest BCUT2D eigenvalue weighted by atomic mass is 19.1. The van der Waals surface area contributed by atoms with Crippen LogP contribution < -0.4 is 4.74 Å². The Kier molecular flexibility index (Phi) is 3.23. The van der Waals surface area contributed by atoms with Gasteiger partial charge >= 0.3 is 0 Å². The molecule has 0 radical (unpaired) electrons. The zero-order valence-electron chi connectivity index (χ0n) is 9.27. The van der Waals surface area contributed by atoms with Crippen LogP contribution in [0.1, 0.15) is 17.5 Å². The maximum Gasteiger partial charge on any atom is 0.185 e. The SMILES string of the molecule is CCOc1cc(F)ccc1-c1ccc(C=O)o1. The molecule has 0 atom stereocenters. The van der Waals surface area contributed by atoms with E-state index in [4.69, 9.17) is 9.15 Å². The minimum Gasteiger partial charge on any atom is -0.493 e. The molecule has 0 aliphatic carbocycles. The Morgan fingerprint density at radius 1 is 1.35 bits per heavy atom. The summed E-state index contributed by atoms with van der Waals surface area (Å²) in [4.78, 5) is 10.5. The molecule has 2 aromatic rings. The summed E-state index contributed by atoms with van der Waals surface area (Å²) in [6.07, 6.45) is 0.618. The van der Waals surface area contributed by atoms with Crippen LogP contribution in [0.3, 0.4) is 0 Å². The van der Waals surface area contributed by atoms with Crippen molar-refractivity contribution in [3.05, 3.63) is 41.9 Å². The van der Waals surface area contributed by atoms with Crippen molar-refractivity contribution in [1.82, 2.24) is 0 Å². The maximum absolute atomic E-state index is 13.1. The summed E-state index contributed by atoms with van der Waals surface area (Å²) >= 11 is 0. The first-order valence-electron chi connectivity index (χ1n) is 5.22. The largest absolute Gasteiger partial charge is 0.493 e. The number of aldehydes is 1. The second-order valence-corrected chi connectivity index (χ2v) is 3.39. The van der Waals surface area contributed by atoms with Crippen LogP contribution in [0.15, 0.2) is 34.7 Å². The average Bonchev–Trinajstić information content (AvgIpc) is 2.78. The molecule has 3 nitrogen and oxygen atoms in total. The summed E-state index contributed by atoms with van der Waals surface area (Å²) in [5, 5.41) is 0. The Labute approximate surface area is 97.8 Å². The van der Waals surface area contributed by atoms with E-state index < -0.39 is 0 Å². The lowest BCUT2D eigenvalue weighted by molar-refractivity contribution is 0.110. The van der Waals surface area contributed by atoms with E-state index in [1.165, 1.54) is 12.1 Å². The van der Waals surface area contributed by atoms with Gasteiger partial charge in [0, 0.05) is 6.07 Å². The van der Waals surface area contributed by atoms with Crippen molar-refractivity contribution in [3.63, 3.8) is 0 Å². The normalized spacial score (nSPS) is 10.2. The molecular weight excluding hydrogens is 223 g/mol. The Hall–Kier alpha value is -2.10. The molecular formula is C13H11FO3. The molecule has 0 amide bonds. The Morgan fingerprint density at radius 2 is 2.18 bits per heavy atom. The fourth-order valence-electron chi connectivity index (χ4n) is 1.54. The van der Waals surface area contributed by atoms with Crippen molar-refractivity contribution < 1.29 is 18.3 Å². The zero-order chi connectivity index (χ0) is 12.3. The highest BCUT2D eigenvalue weighted by Crippen LogP contribution is 2.31. The van der Waals surface area contributed by atoms with Gasteiger partial charge in [-0.15, -0.1) is 0 Å². The third-order valence-electron chi connectivity index (χ3n) is 2.25. The average molecular weight is 234 g/mol. The van der Waals surface area contributed by atoms with Gasteiger partial charge in [-0.3, -0.25) is 4.79 Å². The Balaban J connectivity index is 2.46. The van der Waals surface area contributed by atoms with Gasteiger partial charge in [-0.2, -0.15) is 0 Å². The highest BCUT2D eigenvalue weighted by Gasteiger charge is 2.11. The van der Waals surface area contributed by atoms with E-state index in [-0.39, 0.29) is 11.6 Å². The van der Waals surface area contributed by atoms with Gasteiger partial charge in [0.1, 0.15) is 17.3 Å². The van der Waals surface area contributed by atoms with Crippen molar-refractivity contribution >= 4 is 6.29 Å². The van der Waals surface area contributed by atoms with Gasteiger partial charge in [-0.05, 0) is 31.2 Å². The monoisotopic (exact) mass is 234 g/mol. The number of hydrogen-bond donors (Lipinski definition) is 0. The van der Waals surface area contributed by atoms with Crippen LogP contribution in [0.4, 0.5) is 4.39 Å². The number of halogens is 1. The van der Waals surface area contributed by atoms with Gasteiger partial charge in [0.2, 0.25) is 0 Å². The van der Waals surface area contributed by atoms with E-state index in [0.717, 1.165) is 0 Å². The highest BCUT2D eigenvalue weighted by molar-refractivity contribution is 5.74. The van der Waals surface area contributed by atoms with Gasteiger partial charge in [-0.1, -0.05) is 0 Å². The molecule has 0 unspecified atom stereocenters. The molecule has 0 N–H and O–H groups in total. The van der Waals surface area contributed by atoms with Gasteiger partial charge in [-0.25, -0.2) is 4.39 Å². The minimum atomic E-state index is -0.376. The molecule has 0 saturated heterocycles.